The molecule has 0 saturated heterocycles. The number of nitrogens with zero attached hydrogens (tertiary/aromatic N) is 1. The summed E-state index contributed by atoms with van der Waals surface area (Å²) < 4.78 is 0. The van der Waals surface area contributed by atoms with E-state index in [0.29, 0.717) is 6.54 Å². The molecule has 5 nitrogen and oxygen atoms in total. The van der Waals surface area contributed by atoms with Gasteiger partial charge in [0.2, 0.25) is 0 Å². The van der Waals surface area contributed by atoms with E-state index in [1.807, 2.05) is 19.1 Å². The van der Waals surface area contributed by atoms with E-state index in [9.17, 15) is 9.59 Å². The predicted molar refractivity (Wildman–Crippen MR) is 70.7 cm³/mol. The van der Waals surface area contributed by atoms with Gasteiger partial charge in [-0.15, -0.1) is 11.3 Å². The van der Waals surface area contributed by atoms with Crippen LogP contribution in [0.15, 0.2) is 12.1 Å². The minimum atomic E-state index is -0.900. The number of urea groups is 1. The molecule has 1 atom stereocenters. The Balaban J connectivity index is 2.38. The van der Waals surface area contributed by atoms with Crippen LogP contribution in [0.5, 0.6) is 0 Å². The second kappa shape index (κ2) is 6.39. The number of carboxylic acid groups (broad SMARTS) is 1. The average molecular weight is 270 g/mol. The van der Waals surface area contributed by atoms with Crippen LogP contribution in [0.25, 0.3) is 0 Å². The second-order valence-electron chi connectivity index (χ2n) is 4.29. The Morgan fingerprint density at radius 1 is 1.50 bits per heavy atom. The van der Waals surface area contributed by atoms with E-state index in [4.69, 9.17) is 5.11 Å². The fourth-order valence-corrected chi connectivity index (χ4v) is 2.28. The lowest BCUT2D eigenvalue weighted by Crippen LogP contribution is -2.40. The van der Waals surface area contributed by atoms with E-state index in [-0.39, 0.29) is 12.6 Å². The standard InChI is InChI=1S/C12H18N2O3S/c1-8(11(15)16)7-14(3)12(17)13-6-10-5-4-9(2)18-10/h4-5,8H,6-7H2,1-3H3,(H,13,17)(H,15,16). The van der Waals surface area contributed by atoms with Gasteiger partial charge < -0.3 is 15.3 Å². The van der Waals surface area contributed by atoms with Crippen LogP contribution in [0, 0.1) is 12.8 Å². The molecule has 1 unspecified atom stereocenters. The van der Waals surface area contributed by atoms with Gasteiger partial charge in [0.25, 0.3) is 0 Å². The van der Waals surface area contributed by atoms with E-state index in [2.05, 4.69) is 5.32 Å². The third-order valence-corrected chi connectivity index (χ3v) is 3.53. The molecule has 0 aliphatic rings. The molecule has 1 aromatic heterocycles. The van der Waals surface area contributed by atoms with E-state index in [1.165, 1.54) is 9.78 Å². The molecule has 0 aromatic carbocycles. The van der Waals surface area contributed by atoms with Gasteiger partial charge in [0.1, 0.15) is 0 Å². The zero-order chi connectivity index (χ0) is 13.7. The zero-order valence-electron chi connectivity index (χ0n) is 10.8. The van der Waals surface area contributed by atoms with Crippen LogP contribution in [-0.2, 0) is 11.3 Å². The molecule has 0 radical (unpaired) electrons. The molecule has 18 heavy (non-hydrogen) atoms. The molecule has 100 valence electrons. The van der Waals surface area contributed by atoms with Crippen molar-refractivity contribution in [1.82, 2.24) is 10.2 Å². The molecule has 0 spiro atoms. The van der Waals surface area contributed by atoms with E-state index in [0.717, 1.165) is 4.88 Å². The lowest BCUT2D eigenvalue weighted by molar-refractivity contribution is -0.141. The molecule has 0 fully saturated rings. The Morgan fingerprint density at radius 3 is 2.67 bits per heavy atom. The smallest absolute Gasteiger partial charge is 0.317 e. The minimum absolute atomic E-state index is 0.199. The van der Waals surface area contributed by atoms with Crippen molar-refractivity contribution in [3.05, 3.63) is 21.9 Å². The molecule has 0 saturated carbocycles. The Kier molecular flexibility index (Phi) is 5.15. The van der Waals surface area contributed by atoms with Gasteiger partial charge >= 0.3 is 12.0 Å². The van der Waals surface area contributed by atoms with Crippen LogP contribution in [0.2, 0.25) is 0 Å². The summed E-state index contributed by atoms with van der Waals surface area (Å²) in [7, 11) is 1.59. The molecule has 6 heteroatoms. The van der Waals surface area contributed by atoms with Crippen LogP contribution < -0.4 is 5.32 Å². The molecule has 1 aromatic rings. The van der Waals surface area contributed by atoms with Crippen molar-refractivity contribution in [1.29, 1.82) is 0 Å². The zero-order valence-corrected chi connectivity index (χ0v) is 11.6. The number of carboxylic acids is 1. The Labute approximate surface area is 110 Å². The van der Waals surface area contributed by atoms with E-state index < -0.39 is 11.9 Å². The molecule has 0 aliphatic heterocycles. The number of carbonyl (C=O) groups excluding carboxylic acids is 1. The van der Waals surface area contributed by atoms with Crippen molar-refractivity contribution >= 4 is 23.3 Å². The van der Waals surface area contributed by atoms with Gasteiger partial charge in [-0.2, -0.15) is 0 Å². The second-order valence-corrected chi connectivity index (χ2v) is 5.66. The first-order chi connectivity index (χ1) is 8.40. The van der Waals surface area contributed by atoms with Crippen molar-refractivity contribution in [2.24, 2.45) is 5.92 Å². The van der Waals surface area contributed by atoms with Crippen LogP contribution in [-0.4, -0.2) is 35.6 Å². The number of aliphatic carboxylic acids is 1. The fourth-order valence-electron chi connectivity index (χ4n) is 1.45. The van der Waals surface area contributed by atoms with Crippen molar-refractivity contribution < 1.29 is 14.7 Å². The van der Waals surface area contributed by atoms with Crippen LogP contribution >= 0.6 is 11.3 Å². The van der Waals surface area contributed by atoms with Gasteiger partial charge in [-0.3, -0.25) is 4.79 Å². The molecule has 2 N–H and O–H groups in total. The van der Waals surface area contributed by atoms with Crippen LogP contribution in [0.3, 0.4) is 0 Å². The third kappa shape index (κ3) is 4.37. The highest BCUT2D eigenvalue weighted by atomic mass is 32.1. The average Bonchev–Trinajstić information content (AvgIpc) is 2.71. The van der Waals surface area contributed by atoms with Crippen molar-refractivity contribution in [3.8, 4) is 0 Å². The number of thiophene rings is 1. The monoisotopic (exact) mass is 270 g/mol. The highest BCUT2D eigenvalue weighted by Crippen LogP contribution is 2.14. The normalized spacial score (nSPS) is 11.9. The molecule has 0 bridgehead atoms. The summed E-state index contributed by atoms with van der Waals surface area (Å²) in [5, 5.41) is 11.5. The summed E-state index contributed by atoms with van der Waals surface area (Å²) in [6.45, 7) is 4.26. The lowest BCUT2D eigenvalue weighted by Gasteiger charge is -2.19. The number of hydrogen-bond donors (Lipinski definition) is 2. The number of rotatable bonds is 5. The van der Waals surface area contributed by atoms with Gasteiger partial charge in [-0.1, -0.05) is 6.92 Å². The topological polar surface area (TPSA) is 69.6 Å². The van der Waals surface area contributed by atoms with E-state index >= 15 is 0 Å². The highest BCUT2D eigenvalue weighted by Gasteiger charge is 2.17. The quantitative estimate of drug-likeness (QED) is 0.858. The maximum absolute atomic E-state index is 11.7. The maximum Gasteiger partial charge on any atom is 0.317 e. The first-order valence-corrected chi connectivity index (χ1v) is 6.49. The summed E-state index contributed by atoms with van der Waals surface area (Å²) in [5.74, 6) is -1.46. The summed E-state index contributed by atoms with van der Waals surface area (Å²) in [5.41, 5.74) is 0. The number of amides is 2. The van der Waals surface area contributed by atoms with Crippen molar-refractivity contribution in [3.63, 3.8) is 0 Å². The van der Waals surface area contributed by atoms with Gasteiger partial charge in [0.15, 0.2) is 0 Å². The van der Waals surface area contributed by atoms with E-state index in [1.54, 1.807) is 25.3 Å². The van der Waals surface area contributed by atoms with Crippen molar-refractivity contribution in [2.45, 2.75) is 20.4 Å². The third-order valence-electron chi connectivity index (χ3n) is 2.53. The summed E-state index contributed by atoms with van der Waals surface area (Å²) in [6, 6.07) is 3.72. The first kappa shape index (κ1) is 14.5. The van der Waals surface area contributed by atoms with Crippen molar-refractivity contribution in [2.75, 3.05) is 13.6 Å². The van der Waals surface area contributed by atoms with Gasteiger partial charge in [-0.25, -0.2) is 4.79 Å². The van der Waals surface area contributed by atoms with Crippen LogP contribution in [0.1, 0.15) is 16.7 Å². The molecular weight excluding hydrogens is 252 g/mol. The maximum atomic E-state index is 11.7. The van der Waals surface area contributed by atoms with Crippen LogP contribution in [0.4, 0.5) is 4.79 Å². The largest absolute Gasteiger partial charge is 0.481 e. The molecule has 1 rings (SSSR count). The molecule has 0 aliphatic carbocycles. The molecule has 1 heterocycles. The minimum Gasteiger partial charge on any atom is -0.481 e. The van der Waals surface area contributed by atoms with Gasteiger partial charge in [0, 0.05) is 23.3 Å². The predicted octanol–water partition coefficient (Wildman–Crippen LogP) is 1.92. The Morgan fingerprint density at radius 2 is 2.17 bits per heavy atom. The number of hydrogen-bond acceptors (Lipinski definition) is 3. The number of nitrogens with one attached hydrogen (secondary N) is 1. The number of aryl methyl sites for hydroxylation is 1. The molecule has 2 amide bonds. The van der Waals surface area contributed by atoms with Gasteiger partial charge in [-0.05, 0) is 19.1 Å². The fraction of sp³-hybridized carbons (Fsp3) is 0.500. The first-order valence-electron chi connectivity index (χ1n) is 5.67. The number of carbonyl (C=O) groups is 2. The summed E-state index contributed by atoms with van der Waals surface area (Å²) in [4.78, 5) is 26.1. The molecular formula is C12H18N2O3S. The lowest BCUT2D eigenvalue weighted by atomic mass is 10.2. The van der Waals surface area contributed by atoms with Gasteiger partial charge in [0.05, 0.1) is 12.5 Å². The summed E-state index contributed by atoms with van der Waals surface area (Å²) >= 11 is 1.63. The Hall–Kier alpha value is -1.56. The SMILES string of the molecule is Cc1ccc(CNC(=O)N(C)CC(C)C(=O)O)s1. The summed E-state index contributed by atoms with van der Waals surface area (Å²) in [6.07, 6.45) is 0. The highest BCUT2D eigenvalue weighted by molar-refractivity contribution is 7.11. The Bertz CT molecular complexity index is 431.